The third-order valence-electron chi connectivity index (χ3n) is 8.52. The first-order chi connectivity index (χ1) is 27.1. The Kier molecular flexibility index (Phi) is 14.6. The van der Waals surface area contributed by atoms with Crippen molar-refractivity contribution in [3.8, 4) is 0 Å². The van der Waals surface area contributed by atoms with Gasteiger partial charge in [-0.3, -0.25) is 10.0 Å². The summed E-state index contributed by atoms with van der Waals surface area (Å²) < 4.78 is 83.8. The highest BCUT2D eigenvalue weighted by atomic mass is 19.1. The lowest BCUT2D eigenvalue weighted by Gasteiger charge is -2.07. The van der Waals surface area contributed by atoms with Crippen molar-refractivity contribution in [3.63, 3.8) is 0 Å². The Bertz CT molecular complexity index is 2140. The summed E-state index contributed by atoms with van der Waals surface area (Å²) in [5.74, 6) is -3.85. The Morgan fingerprint density at radius 1 is 0.661 bits per heavy atom. The smallest absolute Gasteiger partial charge is 0.356 e. The van der Waals surface area contributed by atoms with Crippen molar-refractivity contribution >= 4 is 33.7 Å². The molecule has 17 heteroatoms. The van der Waals surface area contributed by atoms with E-state index in [1.165, 1.54) is 49.8 Å². The number of benzene rings is 2. The van der Waals surface area contributed by atoms with E-state index in [2.05, 4.69) is 9.97 Å². The number of hydrogen-bond donors (Lipinski definition) is 2. The third-order valence-corrected chi connectivity index (χ3v) is 8.52. The number of rotatable bonds is 16. The number of methoxy groups -OCH3 is 3. The van der Waals surface area contributed by atoms with Gasteiger partial charge >= 0.3 is 5.97 Å². The quantitative estimate of drug-likeness (QED) is 0.0397. The van der Waals surface area contributed by atoms with Crippen LogP contribution in [0.1, 0.15) is 43.2 Å². The summed E-state index contributed by atoms with van der Waals surface area (Å²) in [5, 5.41) is 10.2. The van der Waals surface area contributed by atoms with Crippen molar-refractivity contribution in [1.82, 2.24) is 24.6 Å². The van der Waals surface area contributed by atoms with Gasteiger partial charge in [0.05, 0.1) is 83.3 Å². The maximum absolute atomic E-state index is 14.1. The highest BCUT2D eigenvalue weighted by Gasteiger charge is 2.17. The van der Waals surface area contributed by atoms with Gasteiger partial charge in [0, 0.05) is 71.8 Å². The third kappa shape index (κ3) is 10.3. The first-order valence-electron chi connectivity index (χ1n) is 17.1. The summed E-state index contributed by atoms with van der Waals surface area (Å²) in [7, 11) is 4.43. The molecule has 13 nitrogen and oxygen atoms in total. The van der Waals surface area contributed by atoms with Crippen molar-refractivity contribution in [2.75, 3.05) is 47.8 Å². The average molecular weight is 782 g/mol. The molecule has 0 spiro atoms. The van der Waals surface area contributed by atoms with Crippen LogP contribution in [-0.4, -0.2) is 83.9 Å². The van der Waals surface area contributed by atoms with E-state index >= 15 is 0 Å². The van der Waals surface area contributed by atoms with Crippen molar-refractivity contribution in [1.29, 1.82) is 0 Å². The minimum absolute atomic E-state index is 0.0267. The molecule has 6 rings (SSSR count). The standard InChI is InChI=1S/C20H20F2N2O4.C19H19F2N3O4/c1-26-5-6-28-12-14-11-24(10-13-3-4-15(21)7-17(13)22)19-9-23-18(8-16(14)19)20(25)27-2;1-27-4-5-28-11-13-10-24(9-12-2-3-14(20)6-16(12)21)18-8-22-17(7-15(13)18)19(25)23-26/h3-4,7-9,11H,5-6,10,12H2,1-2H3;2-3,6-8,10,26H,4-5,9,11H2,1H3,(H,23,25). The normalized spacial score (nSPS) is 11.1. The van der Waals surface area contributed by atoms with Crippen LogP contribution in [0.5, 0.6) is 0 Å². The van der Waals surface area contributed by atoms with Crippen molar-refractivity contribution < 1.29 is 56.0 Å². The molecule has 0 radical (unpaired) electrons. The molecule has 0 aliphatic carbocycles. The first kappa shape index (κ1) is 41.4. The molecule has 0 saturated heterocycles. The number of halogens is 4. The zero-order valence-corrected chi connectivity index (χ0v) is 30.7. The van der Waals surface area contributed by atoms with Crippen LogP contribution in [0.4, 0.5) is 17.6 Å². The molecule has 2 N–H and O–H groups in total. The van der Waals surface area contributed by atoms with E-state index in [9.17, 15) is 27.2 Å². The number of hydroxylamine groups is 1. The maximum Gasteiger partial charge on any atom is 0.356 e. The summed E-state index contributed by atoms with van der Waals surface area (Å²) in [6.07, 6.45) is 6.56. The Labute approximate surface area is 318 Å². The van der Waals surface area contributed by atoms with E-state index in [4.69, 9.17) is 28.9 Å². The zero-order valence-electron chi connectivity index (χ0n) is 30.7. The van der Waals surface area contributed by atoms with Gasteiger partial charge in [-0.25, -0.2) is 37.8 Å². The second-order valence-corrected chi connectivity index (χ2v) is 12.2. The summed E-state index contributed by atoms with van der Waals surface area (Å²) >= 11 is 0. The SMILES string of the molecule is COCCOCc1cn(Cc2ccc(F)cc2F)c2cnc(C(=O)NO)cc12.COCCOCc1cn(Cc2ccc(F)cc2F)c2cnc(C(=O)OC)cc12. The molecule has 0 bridgehead atoms. The predicted molar refractivity (Wildman–Crippen MR) is 194 cm³/mol. The number of amides is 1. The number of ether oxygens (including phenoxy) is 5. The van der Waals surface area contributed by atoms with Gasteiger partial charge in [-0.1, -0.05) is 12.1 Å². The molecule has 0 saturated carbocycles. The number of fused-ring (bicyclic) bond motifs is 2. The summed E-state index contributed by atoms with van der Waals surface area (Å²) in [4.78, 5) is 31.7. The molecule has 0 aliphatic heterocycles. The van der Waals surface area contributed by atoms with Gasteiger partial charge in [-0.2, -0.15) is 0 Å². The Morgan fingerprint density at radius 2 is 1.12 bits per heavy atom. The molecule has 4 heterocycles. The number of nitrogens with zero attached hydrogens (tertiary/aromatic N) is 4. The molecule has 6 aromatic rings. The predicted octanol–water partition coefficient (Wildman–Crippen LogP) is 5.96. The second kappa shape index (κ2) is 19.7. The minimum atomic E-state index is -0.745. The minimum Gasteiger partial charge on any atom is -0.464 e. The number of pyridine rings is 2. The van der Waals surface area contributed by atoms with E-state index in [-0.39, 0.29) is 37.7 Å². The van der Waals surface area contributed by atoms with Crippen molar-refractivity contribution in [2.45, 2.75) is 26.3 Å². The maximum atomic E-state index is 14.1. The topological polar surface area (TPSA) is 148 Å². The molecule has 296 valence electrons. The molecular weight excluding hydrogens is 742 g/mol. The molecule has 0 fully saturated rings. The van der Waals surface area contributed by atoms with Gasteiger partial charge in [0.25, 0.3) is 5.91 Å². The summed E-state index contributed by atoms with van der Waals surface area (Å²) in [5.41, 5.74) is 5.28. The number of carbonyl (C=O) groups is 2. The van der Waals surface area contributed by atoms with Gasteiger partial charge in [-0.15, -0.1) is 0 Å². The molecule has 0 unspecified atom stereocenters. The van der Waals surface area contributed by atoms with Crippen LogP contribution < -0.4 is 5.48 Å². The summed E-state index contributed by atoms with van der Waals surface area (Å²) in [6.45, 7) is 2.52. The number of nitrogens with one attached hydrogen (secondary N) is 1. The Hall–Kier alpha value is -5.72. The lowest BCUT2D eigenvalue weighted by Crippen LogP contribution is -2.19. The van der Waals surface area contributed by atoms with E-state index < -0.39 is 35.1 Å². The highest BCUT2D eigenvalue weighted by Crippen LogP contribution is 2.26. The molecule has 0 atom stereocenters. The van der Waals surface area contributed by atoms with Gasteiger partial charge in [-0.05, 0) is 24.3 Å². The molecule has 4 aromatic heterocycles. The fourth-order valence-corrected chi connectivity index (χ4v) is 5.73. The van der Waals surface area contributed by atoms with E-state index in [0.717, 1.165) is 28.6 Å². The van der Waals surface area contributed by atoms with Crippen molar-refractivity contribution in [2.24, 2.45) is 0 Å². The fraction of sp³-hybridized carbons (Fsp3) is 0.282. The second-order valence-electron chi connectivity index (χ2n) is 12.2. The van der Waals surface area contributed by atoms with Crippen LogP contribution >= 0.6 is 0 Å². The van der Waals surface area contributed by atoms with Crippen molar-refractivity contribution in [3.05, 3.63) is 130 Å². The molecule has 2 aromatic carbocycles. The van der Waals surface area contributed by atoms with Crippen LogP contribution in [0.25, 0.3) is 21.8 Å². The van der Waals surface area contributed by atoms with Crippen LogP contribution in [0.2, 0.25) is 0 Å². The molecule has 1 amide bonds. The number of carbonyl (C=O) groups excluding carboxylic acids is 2. The van der Waals surface area contributed by atoms with Crippen LogP contribution in [0, 0.1) is 23.3 Å². The average Bonchev–Trinajstić information content (AvgIpc) is 3.72. The van der Waals surface area contributed by atoms with E-state index in [1.807, 2.05) is 6.20 Å². The molecule has 0 aliphatic rings. The molecular formula is C39H39F4N5O8. The van der Waals surface area contributed by atoms with Gasteiger partial charge in [0.2, 0.25) is 0 Å². The van der Waals surface area contributed by atoms with E-state index in [0.29, 0.717) is 54.0 Å². The fourth-order valence-electron chi connectivity index (χ4n) is 5.73. The lowest BCUT2D eigenvalue weighted by molar-refractivity contribution is 0.0593. The lowest BCUT2D eigenvalue weighted by atomic mass is 10.2. The van der Waals surface area contributed by atoms with Crippen LogP contribution in [-0.2, 0) is 50.0 Å². The van der Waals surface area contributed by atoms with Gasteiger partial charge in [0.1, 0.15) is 34.7 Å². The van der Waals surface area contributed by atoms with E-state index in [1.54, 1.807) is 41.1 Å². The largest absolute Gasteiger partial charge is 0.464 e. The van der Waals surface area contributed by atoms with Crippen LogP contribution in [0.3, 0.4) is 0 Å². The summed E-state index contributed by atoms with van der Waals surface area (Å²) in [6, 6.07) is 10.0. The first-order valence-corrected chi connectivity index (χ1v) is 17.1. The number of aromatic nitrogens is 4. The van der Waals surface area contributed by atoms with Gasteiger partial charge < -0.3 is 32.8 Å². The zero-order chi connectivity index (χ0) is 40.2. The number of hydrogen-bond acceptors (Lipinski definition) is 10. The van der Waals surface area contributed by atoms with Gasteiger partial charge in [0.15, 0.2) is 0 Å². The molecule has 56 heavy (non-hydrogen) atoms. The Balaban J connectivity index is 0.000000214. The number of esters is 1. The monoisotopic (exact) mass is 781 g/mol. The highest BCUT2D eigenvalue weighted by molar-refractivity contribution is 5.96. The Morgan fingerprint density at radius 3 is 1.55 bits per heavy atom. The van der Waals surface area contributed by atoms with Crippen LogP contribution in [0.15, 0.2) is 73.3 Å².